The minimum Gasteiger partial charge on any atom is -0.352 e. The molecule has 0 aromatic heterocycles. The third kappa shape index (κ3) is 5.50. The van der Waals surface area contributed by atoms with Crippen LogP contribution in [0.4, 0.5) is 5.69 Å². The van der Waals surface area contributed by atoms with Gasteiger partial charge in [0.25, 0.3) is 5.91 Å². The number of anilines is 1. The van der Waals surface area contributed by atoms with Crippen LogP contribution in [0.2, 0.25) is 0 Å². The van der Waals surface area contributed by atoms with Crippen LogP contribution in [0.1, 0.15) is 49.9 Å². The average molecular weight is 424 g/mol. The first kappa shape index (κ1) is 21.2. The summed E-state index contributed by atoms with van der Waals surface area (Å²) in [6, 6.07) is 7.20. The summed E-state index contributed by atoms with van der Waals surface area (Å²) in [4.78, 5) is 17.0. The van der Waals surface area contributed by atoms with Crippen molar-refractivity contribution in [1.29, 1.82) is 0 Å². The SMILES string of the molecule is CCCCC(CC)CNC(=O)c1cccc(NC2=N[C@@H]3CS(=O)(=O)C[C@@H]3S2)c1. The van der Waals surface area contributed by atoms with Gasteiger partial charge in [-0.25, -0.2) is 8.42 Å². The third-order valence-electron chi connectivity index (χ3n) is 5.29. The summed E-state index contributed by atoms with van der Waals surface area (Å²) >= 11 is 1.48. The lowest BCUT2D eigenvalue weighted by atomic mass is 9.99. The van der Waals surface area contributed by atoms with Crippen LogP contribution in [0.5, 0.6) is 0 Å². The summed E-state index contributed by atoms with van der Waals surface area (Å²) in [7, 11) is -2.95. The van der Waals surface area contributed by atoms with E-state index < -0.39 is 9.84 Å². The molecule has 0 spiro atoms. The van der Waals surface area contributed by atoms with Crippen molar-refractivity contribution in [2.45, 2.75) is 50.8 Å². The Morgan fingerprint density at radius 1 is 1.32 bits per heavy atom. The van der Waals surface area contributed by atoms with Crippen molar-refractivity contribution >= 4 is 38.4 Å². The van der Waals surface area contributed by atoms with E-state index in [0.29, 0.717) is 18.0 Å². The van der Waals surface area contributed by atoms with Crippen LogP contribution in [0.3, 0.4) is 0 Å². The largest absolute Gasteiger partial charge is 0.352 e. The summed E-state index contributed by atoms with van der Waals surface area (Å²) in [6.45, 7) is 5.05. The number of benzene rings is 1. The molecule has 1 aromatic carbocycles. The molecular weight excluding hydrogens is 394 g/mol. The molecule has 154 valence electrons. The van der Waals surface area contributed by atoms with Crippen LogP contribution in [-0.2, 0) is 9.84 Å². The topological polar surface area (TPSA) is 87.6 Å². The van der Waals surface area contributed by atoms with Gasteiger partial charge < -0.3 is 10.6 Å². The van der Waals surface area contributed by atoms with Crippen LogP contribution < -0.4 is 10.6 Å². The molecule has 1 saturated heterocycles. The Kier molecular flexibility index (Phi) is 7.04. The zero-order valence-electron chi connectivity index (χ0n) is 16.5. The molecule has 3 rings (SSSR count). The maximum atomic E-state index is 12.5. The second-order valence-corrected chi connectivity index (χ2v) is 10.9. The Morgan fingerprint density at radius 2 is 2.14 bits per heavy atom. The number of nitrogens with zero attached hydrogens (tertiary/aromatic N) is 1. The fraction of sp³-hybridized carbons (Fsp3) is 0.600. The van der Waals surface area contributed by atoms with Gasteiger partial charge in [0, 0.05) is 23.0 Å². The summed E-state index contributed by atoms with van der Waals surface area (Å²) in [6.07, 6.45) is 4.57. The Morgan fingerprint density at radius 3 is 2.86 bits per heavy atom. The lowest BCUT2D eigenvalue weighted by Crippen LogP contribution is -2.29. The molecule has 2 aliphatic heterocycles. The van der Waals surface area contributed by atoms with Crippen molar-refractivity contribution in [3.05, 3.63) is 29.8 Å². The van der Waals surface area contributed by atoms with Gasteiger partial charge in [0.05, 0.1) is 17.5 Å². The second-order valence-electron chi connectivity index (χ2n) is 7.57. The first-order valence-corrected chi connectivity index (χ1v) is 12.7. The van der Waals surface area contributed by atoms with Gasteiger partial charge >= 0.3 is 0 Å². The normalized spacial score (nSPS) is 23.7. The van der Waals surface area contributed by atoms with E-state index in [0.717, 1.165) is 23.7 Å². The molecule has 8 heteroatoms. The Hall–Kier alpha value is -1.54. The highest BCUT2D eigenvalue weighted by Gasteiger charge is 2.42. The number of carbonyl (C=O) groups excluding carboxylic acids is 1. The van der Waals surface area contributed by atoms with Gasteiger partial charge in [-0.15, -0.1) is 0 Å². The number of thioether (sulfide) groups is 1. The van der Waals surface area contributed by atoms with Crippen LogP contribution >= 0.6 is 11.8 Å². The van der Waals surface area contributed by atoms with E-state index in [-0.39, 0.29) is 28.7 Å². The number of aliphatic imine (C=N–C) groups is 1. The molecule has 1 amide bonds. The number of hydrogen-bond acceptors (Lipinski definition) is 6. The number of sulfone groups is 1. The molecule has 1 unspecified atom stereocenters. The predicted octanol–water partition coefficient (Wildman–Crippen LogP) is 3.31. The number of hydrogen-bond donors (Lipinski definition) is 2. The van der Waals surface area contributed by atoms with Gasteiger partial charge in [0.2, 0.25) is 0 Å². The highest BCUT2D eigenvalue weighted by molar-refractivity contribution is 8.15. The molecule has 0 saturated carbocycles. The van der Waals surface area contributed by atoms with Crippen molar-refractivity contribution < 1.29 is 13.2 Å². The first-order valence-electron chi connectivity index (χ1n) is 10.0. The first-order chi connectivity index (χ1) is 13.4. The van der Waals surface area contributed by atoms with Gasteiger partial charge in [-0.1, -0.05) is 50.9 Å². The van der Waals surface area contributed by atoms with E-state index in [1.807, 2.05) is 18.2 Å². The highest BCUT2D eigenvalue weighted by atomic mass is 32.2. The molecular formula is C20H29N3O3S2. The zero-order valence-corrected chi connectivity index (χ0v) is 18.1. The predicted molar refractivity (Wildman–Crippen MR) is 117 cm³/mol. The number of fused-ring (bicyclic) bond motifs is 1. The van der Waals surface area contributed by atoms with Crippen LogP contribution in [-0.4, -0.2) is 48.8 Å². The summed E-state index contributed by atoms with van der Waals surface area (Å²) in [5.74, 6) is 0.776. The third-order valence-corrected chi connectivity index (χ3v) is 8.43. The number of amides is 1. The van der Waals surface area contributed by atoms with Gasteiger partial charge in [0.15, 0.2) is 15.0 Å². The summed E-state index contributed by atoms with van der Waals surface area (Å²) in [5.41, 5.74) is 1.40. The molecule has 3 atom stereocenters. The van der Waals surface area contributed by atoms with Crippen molar-refractivity contribution in [3.63, 3.8) is 0 Å². The molecule has 1 aromatic rings. The Bertz CT molecular complexity index is 839. The number of nitrogens with one attached hydrogen (secondary N) is 2. The van der Waals surface area contributed by atoms with Gasteiger partial charge in [-0.2, -0.15) is 0 Å². The van der Waals surface area contributed by atoms with Gasteiger partial charge in [0.1, 0.15) is 0 Å². The number of carbonyl (C=O) groups is 1. The molecule has 2 N–H and O–H groups in total. The van der Waals surface area contributed by atoms with Gasteiger partial charge in [-0.3, -0.25) is 9.79 Å². The molecule has 2 aliphatic rings. The van der Waals surface area contributed by atoms with E-state index in [4.69, 9.17) is 0 Å². The van der Waals surface area contributed by atoms with E-state index in [1.165, 1.54) is 24.6 Å². The van der Waals surface area contributed by atoms with Crippen LogP contribution in [0.25, 0.3) is 0 Å². The lowest BCUT2D eigenvalue weighted by molar-refractivity contribution is 0.0946. The summed E-state index contributed by atoms with van der Waals surface area (Å²) < 4.78 is 23.3. The molecule has 6 nitrogen and oxygen atoms in total. The monoisotopic (exact) mass is 423 g/mol. The fourth-order valence-electron chi connectivity index (χ4n) is 3.56. The Labute approximate surface area is 171 Å². The van der Waals surface area contributed by atoms with Gasteiger partial charge in [-0.05, 0) is 30.5 Å². The van der Waals surface area contributed by atoms with E-state index in [9.17, 15) is 13.2 Å². The molecule has 28 heavy (non-hydrogen) atoms. The molecule has 2 heterocycles. The zero-order chi connectivity index (χ0) is 20.1. The lowest BCUT2D eigenvalue weighted by Gasteiger charge is -2.15. The highest BCUT2D eigenvalue weighted by Crippen LogP contribution is 2.34. The minimum absolute atomic E-state index is 0.00748. The van der Waals surface area contributed by atoms with Crippen molar-refractivity contribution in [1.82, 2.24) is 5.32 Å². The smallest absolute Gasteiger partial charge is 0.251 e. The number of amidine groups is 1. The minimum atomic E-state index is -2.95. The van der Waals surface area contributed by atoms with Crippen molar-refractivity contribution in [2.24, 2.45) is 10.9 Å². The standard InChI is InChI=1S/C20H29N3O3S2/c1-3-5-7-14(4-2)11-21-19(24)15-8-6-9-16(10-15)22-20-23-17-12-28(25,26)13-18(17)27-20/h6,8-10,14,17-18H,3-5,7,11-13H2,1-2H3,(H,21,24)(H,22,23)/t14?,17-,18+/m1/s1. The average Bonchev–Trinajstić information content (AvgIpc) is 3.14. The van der Waals surface area contributed by atoms with E-state index in [2.05, 4.69) is 29.5 Å². The fourth-order valence-corrected chi connectivity index (χ4v) is 7.24. The van der Waals surface area contributed by atoms with Crippen molar-refractivity contribution in [3.8, 4) is 0 Å². The van der Waals surface area contributed by atoms with E-state index in [1.54, 1.807) is 6.07 Å². The molecule has 0 aliphatic carbocycles. The molecule has 0 radical (unpaired) electrons. The Balaban J connectivity index is 1.56. The molecule has 1 fully saturated rings. The maximum absolute atomic E-state index is 12.5. The quantitative estimate of drug-likeness (QED) is 0.670. The van der Waals surface area contributed by atoms with E-state index >= 15 is 0 Å². The number of rotatable bonds is 8. The van der Waals surface area contributed by atoms with Crippen LogP contribution in [0, 0.1) is 5.92 Å². The van der Waals surface area contributed by atoms with Crippen LogP contribution in [0.15, 0.2) is 29.3 Å². The molecule has 0 bridgehead atoms. The second kappa shape index (κ2) is 9.31. The summed E-state index contributed by atoms with van der Waals surface area (Å²) in [5, 5.41) is 7.02. The number of unbranched alkanes of at least 4 members (excludes halogenated alkanes) is 1. The maximum Gasteiger partial charge on any atom is 0.251 e. The van der Waals surface area contributed by atoms with Crippen molar-refractivity contribution in [2.75, 3.05) is 23.4 Å².